The van der Waals surface area contributed by atoms with E-state index in [1.165, 1.54) is 29.2 Å². The van der Waals surface area contributed by atoms with E-state index in [1.807, 2.05) is 0 Å². The molecule has 2 aliphatic rings. The van der Waals surface area contributed by atoms with Crippen LogP contribution in [0.2, 0.25) is 0 Å². The van der Waals surface area contributed by atoms with Gasteiger partial charge in [0.1, 0.15) is 13.6 Å². The Morgan fingerprint density at radius 2 is 1.94 bits per heavy atom. The highest BCUT2D eigenvalue weighted by molar-refractivity contribution is 6.32. The summed E-state index contributed by atoms with van der Waals surface area (Å²) in [4.78, 5) is 50.3. The lowest BCUT2D eigenvalue weighted by molar-refractivity contribution is -0.147. The van der Waals surface area contributed by atoms with Crippen molar-refractivity contribution in [3.63, 3.8) is 0 Å². The number of rotatable bonds is 5. The minimum atomic E-state index is -3.94. The molecule has 2 aliphatic heterocycles. The van der Waals surface area contributed by atoms with Gasteiger partial charge in [-0.25, -0.2) is 0 Å². The molecule has 33 heavy (non-hydrogen) atoms. The number of piperidine rings is 1. The number of aromatic hydroxyl groups is 1. The lowest BCUT2D eigenvalue weighted by atomic mass is 9.70. The van der Waals surface area contributed by atoms with Crippen LogP contribution in [0.15, 0.2) is 42.5 Å². The summed E-state index contributed by atoms with van der Waals surface area (Å²) in [6.07, 6.45) is 0.312. The summed E-state index contributed by atoms with van der Waals surface area (Å²) >= 11 is 0. The topological polar surface area (TPSA) is 116 Å². The zero-order chi connectivity index (χ0) is 24.0. The Kier molecular flexibility index (Phi) is 5.43. The molecule has 2 aromatic rings. The smallest absolute Gasteiger partial charge is 0.353 e. The SMILES string of the molecule is B[C@@]1(N2Cc3cc(CNC(=O)C(F)(F)c4ccccc4O)ccc3C2=O)CCC(=O)NC1=O. The van der Waals surface area contributed by atoms with Gasteiger partial charge in [-0.3, -0.25) is 24.5 Å². The number of phenols is 1. The number of fused-ring (bicyclic) bond motifs is 1. The van der Waals surface area contributed by atoms with E-state index >= 15 is 0 Å². The molecule has 8 nitrogen and oxygen atoms in total. The summed E-state index contributed by atoms with van der Waals surface area (Å²) < 4.78 is 28.9. The van der Waals surface area contributed by atoms with Gasteiger partial charge in [0, 0.05) is 25.1 Å². The van der Waals surface area contributed by atoms with Gasteiger partial charge in [-0.2, -0.15) is 8.78 Å². The lowest BCUT2D eigenvalue weighted by Crippen LogP contribution is -2.63. The minimum absolute atomic E-state index is 0.113. The van der Waals surface area contributed by atoms with Crippen molar-refractivity contribution in [2.75, 3.05) is 0 Å². The van der Waals surface area contributed by atoms with Gasteiger partial charge in [0.15, 0.2) is 0 Å². The van der Waals surface area contributed by atoms with Crippen molar-refractivity contribution >= 4 is 31.5 Å². The van der Waals surface area contributed by atoms with Crippen molar-refractivity contribution in [1.29, 1.82) is 0 Å². The highest BCUT2D eigenvalue weighted by atomic mass is 19.3. The molecule has 4 rings (SSSR count). The number of carbonyl (C=O) groups is 4. The van der Waals surface area contributed by atoms with E-state index in [4.69, 9.17) is 0 Å². The molecule has 0 aliphatic carbocycles. The molecule has 0 bridgehead atoms. The van der Waals surface area contributed by atoms with Crippen LogP contribution in [0.25, 0.3) is 0 Å². The Morgan fingerprint density at radius 3 is 2.64 bits per heavy atom. The van der Waals surface area contributed by atoms with Crippen molar-refractivity contribution in [2.45, 2.75) is 37.3 Å². The first-order valence-electron chi connectivity index (χ1n) is 10.3. The maximum absolute atomic E-state index is 14.5. The van der Waals surface area contributed by atoms with Gasteiger partial charge < -0.3 is 15.3 Å². The molecule has 1 saturated heterocycles. The fourth-order valence-electron chi connectivity index (χ4n) is 4.09. The molecular formula is C22H20BF2N3O5. The number of hydrogen-bond acceptors (Lipinski definition) is 5. The zero-order valence-corrected chi connectivity index (χ0v) is 17.7. The van der Waals surface area contributed by atoms with Crippen molar-refractivity contribution in [1.82, 2.24) is 15.5 Å². The Bertz CT molecular complexity index is 1190. The van der Waals surface area contributed by atoms with Gasteiger partial charge in [0.05, 0.1) is 11.0 Å². The number of para-hydroxylation sites is 1. The molecule has 0 saturated carbocycles. The standard InChI is InChI=1S/C22H20BF2N3O5/c23-21(8-7-17(30)27-19(21)32)28-11-13-9-12(5-6-14(13)18(28)31)10-26-20(33)22(24,25)15-3-1-2-4-16(15)29/h1-6,9,29H,7-8,10-11,23H2,(H,26,33)(H,27,30,32)/t21-/m1/s1. The molecule has 4 amide bonds. The quantitative estimate of drug-likeness (QED) is 0.449. The third-order valence-electron chi connectivity index (χ3n) is 6.13. The number of nitrogens with zero attached hydrogens (tertiary/aromatic N) is 1. The fraction of sp³-hybridized carbons (Fsp3) is 0.273. The maximum atomic E-state index is 14.5. The third-order valence-corrected chi connectivity index (χ3v) is 6.13. The average molecular weight is 455 g/mol. The monoisotopic (exact) mass is 455 g/mol. The van der Waals surface area contributed by atoms with E-state index in [1.54, 1.807) is 13.9 Å². The first kappa shape index (κ1) is 22.4. The Hall–Kier alpha value is -3.76. The summed E-state index contributed by atoms with van der Waals surface area (Å²) in [5.74, 6) is -7.48. The van der Waals surface area contributed by atoms with Crippen LogP contribution < -0.4 is 10.6 Å². The van der Waals surface area contributed by atoms with Crippen LogP contribution in [0.1, 0.15) is 39.9 Å². The van der Waals surface area contributed by atoms with E-state index in [0.717, 1.165) is 12.1 Å². The van der Waals surface area contributed by atoms with Gasteiger partial charge in [-0.15, -0.1) is 0 Å². The predicted octanol–water partition coefficient (Wildman–Crippen LogP) is 0.522. The predicted molar refractivity (Wildman–Crippen MR) is 114 cm³/mol. The number of hydrogen-bond donors (Lipinski definition) is 3. The van der Waals surface area contributed by atoms with Crippen LogP contribution >= 0.6 is 0 Å². The Balaban J connectivity index is 1.47. The molecule has 1 atom stereocenters. The van der Waals surface area contributed by atoms with Crippen molar-refractivity contribution < 1.29 is 33.1 Å². The molecule has 11 heteroatoms. The molecule has 170 valence electrons. The molecule has 0 unspecified atom stereocenters. The number of amides is 4. The highest BCUT2D eigenvalue weighted by Gasteiger charge is 2.48. The van der Waals surface area contributed by atoms with Crippen molar-refractivity contribution in [2.24, 2.45) is 0 Å². The number of phenolic OH excluding ortho intramolecular Hbond substituents is 1. The Morgan fingerprint density at radius 1 is 1.21 bits per heavy atom. The molecule has 0 radical (unpaired) electrons. The zero-order valence-electron chi connectivity index (χ0n) is 17.7. The number of halogens is 2. The number of nitrogens with one attached hydrogen (secondary N) is 2. The number of benzene rings is 2. The molecule has 2 aromatic carbocycles. The highest BCUT2D eigenvalue weighted by Crippen LogP contribution is 2.35. The lowest BCUT2D eigenvalue weighted by Gasteiger charge is -2.39. The summed E-state index contributed by atoms with van der Waals surface area (Å²) in [6, 6.07) is 9.38. The second-order valence-electron chi connectivity index (χ2n) is 8.31. The second kappa shape index (κ2) is 7.98. The first-order chi connectivity index (χ1) is 15.5. The number of carbonyl (C=O) groups excluding carboxylic acids is 4. The summed E-state index contributed by atoms with van der Waals surface area (Å²) in [5.41, 5.74) is -0.535. The van der Waals surface area contributed by atoms with Gasteiger partial charge in [0.25, 0.3) is 11.8 Å². The Labute approximate surface area is 188 Å². The van der Waals surface area contributed by atoms with Crippen LogP contribution in [0, 0.1) is 0 Å². The van der Waals surface area contributed by atoms with Gasteiger partial charge >= 0.3 is 5.92 Å². The fourth-order valence-corrected chi connectivity index (χ4v) is 4.09. The molecule has 0 spiro atoms. The summed E-state index contributed by atoms with van der Waals surface area (Å²) in [5, 5.41) is 14.1. The van der Waals surface area contributed by atoms with Crippen LogP contribution in [-0.4, -0.2) is 46.9 Å². The maximum Gasteiger partial charge on any atom is 0.353 e. The number of imide groups is 1. The molecule has 3 N–H and O–H groups in total. The third kappa shape index (κ3) is 3.83. The van der Waals surface area contributed by atoms with E-state index in [2.05, 4.69) is 10.6 Å². The van der Waals surface area contributed by atoms with Gasteiger partial charge in [0.2, 0.25) is 11.8 Å². The summed E-state index contributed by atoms with van der Waals surface area (Å²) in [6.45, 7) is -0.113. The van der Waals surface area contributed by atoms with E-state index in [-0.39, 0.29) is 37.7 Å². The molecule has 0 aromatic heterocycles. The molecule has 2 heterocycles. The van der Waals surface area contributed by atoms with Crippen molar-refractivity contribution in [3.8, 4) is 5.75 Å². The minimum Gasteiger partial charge on any atom is -0.507 e. The second-order valence-corrected chi connectivity index (χ2v) is 8.31. The van der Waals surface area contributed by atoms with E-state index < -0.39 is 34.5 Å². The van der Waals surface area contributed by atoms with Crippen molar-refractivity contribution in [3.05, 3.63) is 64.7 Å². The van der Waals surface area contributed by atoms with Gasteiger partial charge in [-0.1, -0.05) is 24.3 Å². The van der Waals surface area contributed by atoms with Crippen LogP contribution in [0.5, 0.6) is 5.75 Å². The van der Waals surface area contributed by atoms with E-state index in [0.29, 0.717) is 16.7 Å². The first-order valence-corrected chi connectivity index (χ1v) is 10.3. The van der Waals surface area contributed by atoms with Crippen LogP contribution in [0.3, 0.4) is 0 Å². The molecule has 1 fully saturated rings. The van der Waals surface area contributed by atoms with Gasteiger partial charge in [-0.05, 0) is 35.7 Å². The summed E-state index contributed by atoms with van der Waals surface area (Å²) in [7, 11) is 1.60. The normalized spacial score (nSPS) is 20.4. The average Bonchev–Trinajstić information content (AvgIpc) is 3.11. The van der Waals surface area contributed by atoms with Crippen LogP contribution in [-0.2, 0) is 33.4 Å². The number of alkyl halides is 2. The molecular weight excluding hydrogens is 435 g/mol. The van der Waals surface area contributed by atoms with Crippen LogP contribution in [0.4, 0.5) is 8.78 Å². The largest absolute Gasteiger partial charge is 0.507 e. The van der Waals surface area contributed by atoms with E-state index in [9.17, 15) is 33.1 Å².